The summed E-state index contributed by atoms with van der Waals surface area (Å²) < 4.78 is 10.6. The van der Waals surface area contributed by atoms with Crippen molar-refractivity contribution in [2.75, 3.05) is 24.9 Å². The number of aromatic nitrogens is 2. The fourth-order valence-corrected chi connectivity index (χ4v) is 7.36. The molecule has 8 nitrogen and oxygen atoms in total. The number of anilines is 2. The fourth-order valence-electron chi connectivity index (χ4n) is 6.66. The van der Waals surface area contributed by atoms with Gasteiger partial charge in [0, 0.05) is 41.1 Å². The van der Waals surface area contributed by atoms with Crippen LogP contribution in [0.3, 0.4) is 0 Å². The van der Waals surface area contributed by atoms with Gasteiger partial charge in [-0.2, -0.15) is 0 Å². The van der Waals surface area contributed by atoms with Gasteiger partial charge in [-0.1, -0.05) is 54.6 Å². The molecule has 0 radical (unpaired) electrons. The Bertz CT molecular complexity index is 1850. The number of methoxy groups -OCH3 is 2. The molecule has 9 heteroatoms. The molecule has 2 aromatic heterocycles. The predicted molar refractivity (Wildman–Crippen MR) is 171 cm³/mol. The number of carbonyl (C=O) groups excluding carboxylic acids is 2. The summed E-state index contributed by atoms with van der Waals surface area (Å²) in [6.45, 7) is 2.07. The largest absolute Gasteiger partial charge is 0.497 e. The number of rotatable bonds is 7. The molecule has 3 aliphatic carbocycles. The summed E-state index contributed by atoms with van der Waals surface area (Å²) in [4.78, 5) is 36.3. The molecule has 2 amide bonds. The maximum Gasteiger partial charge on any atom is 0.274 e. The molecule has 5 aromatic rings. The molecule has 0 saturated carbocycles. The summed E-state index contributed by atoms with van der Waals surface area (Å²) in [5.41, 5.74) is 6.31. The van der Waals surface area contributed by atoms with Crippen molar-refractivity contribution in [2.24, 2.45) is 5.41 Å². The molecule has 3 aromatic carbocycles. The number of amides is 2. The van der Waals surface area contributed by atoms with E-state index in [0.29, 0.717) is 33.7 Å². The molecular formula is C35H30N4O4S. The highest BCUT2D eigenvalue weighted by molar-refractivity contribution is 7.14. The van der Waals surface area contributed by atoms with Crippen LogP contribution in [0.5, 0.6) is 11.5 Å². The maximum atomic E-state index is 14.0. The van der Waals surface area contributed by atoms with E-state index in [2.05, 4.69) is 76.1 Å². The summed E-state index contributed by atoms with van der Waals surface area (Å²) in [7, 11) is 3.10. The van der Waals surface area contributed by atoms with Crippen molar-refractivity contribution in [3.8, 4) is 22.9 Å². The first-order valence-electron chi connectivity index (χ1n) is 14.3. The number of thiazole rings is 1. The van der Waals surface area contributed by atoms with Gasteiger partial charge in [-0.25, -0.2) is 9.97 Å². The molecule has 2 bridgehead atoms. The number of hydrogen-bond donors (Lipinski definition) is 2. The van der Waals surface area contributed by atoms with Gasteiger partial charge in [0.15, 0.2) is 5.13 Å². The predicted octanol–water partition coefficient (Wildman–Crippen LogP) is 7.10. The Labute approximate surface area is 259 Å². The van der Waals surface area contributed by atoms with Crippen molar-refractivity contribution in [1.82, 2.24) is 9.97 Å². The third kappa shape index (κ3) is 4.69. The summed E-state index contributed by atoms with van der Waals surface area (Å²) >= 11 is 1.34. The first-order valence-corrected chi connectivity index (χ1v) is 15.2. The molecule has 0 spiro atoms. The monoisotopic (exact) mass is 602 g/mol. The summed E-state index contributed by atoms with van der Waals surface area (Å²) in [6, 6.07) is 27.3. The van der Waals surface area contributed by atoms with E-state index in [1.807, 2.05) is 5.38 Å². The third-order valence-electron chi connectivity index (χ3n) is 8.73. The fraction of sp³-hybridized carbons (Fsp3) is 0.200. The number of benzene rings is 3. The van der Waals surface area contributed by atoms with Crippen LogP contribution in [0.25, 0.3) is 11.4 Å². The topological polar surface area (TPSA) is 102 Å². The molecule has 1 atom stereocenters. The molecule has 3 aliphatic rings. The lowest BCUT2D eigenvalue weighted by atomic mass is 9.52. The molecule has 2 N–H and O–H groups in total. The molecule has 44 heavy (non-hydrogen) atoms. The zero-order chi connectivity index (χ0) is 30.4. The van der Waals surface area contributed by atoms with Crippen molar-refractivity contribution in [3.63, 3.8) is 0 Å². The lowest BCUT2D eigenvalue weighted by molar-refractivity contribution is -0.126. The Kier molecular flexibility index (Phi) is 6.89. The van der Waals surface area contributed by atoms with E-state index < -0.39 is 5.41 Å². The number of nitrogens with zero attached hydrogens (tertiary/aromatic N) is 2. The first kappa shape index (κ1) is 27.8. The Hall–Kier alpha value is -5.02. The zero-order valence-electron chi connectivity index (χ0n) is 24.5. The second-order valence-corrected chi connectivity index (χ2v) is 12.2. The normalized spacial score (nSPS) is 19.4. The maximum absolute atomic E-state index is 14.0. The average molecular weight is 603 g/mol. The van der Waals surface area contributed by atoms with Gasteiger partial charge in [0.2, 0.25) is 5.91 Å². The molecule has 8 rings (SSSR count). The highest BCUT2D eigenvalue weighted by atomic mass is 32.1. The van der Waals surface area contributed by atoms with Gasteiger partial charge in [0.25, 0.3) is 5.91 Å². The molecule has 0 saturated heterocycles. The van der Waals surface area contributed by atoms with Crippen LogP contribution >= 0.6 is 11.3 Å². The van der Waals surface area contributed by atoms with Crippen LogP contribution < -0.4 is 20.1 Å². The van der Waals surface area contributed by atoms with Gasteiger partial charge >= 0.3 is 0 Å². The van der Waals surface area contributed by atoms with E-state index >= 15 is 0 Å². The van der Waals surface area contributed by atoms with E-state index in [1.54, 1.807) is 50.6 Å². The average Bonchev–Trinajstić information content (AvgIpc) is 3.53. The lowest BCUT2D eigenvalue weighted by Crippen LogP contribution is -2.47. The molecule has 0 fully saturated rings. The van der Waals surface area contributed by atoms with E-state index in [1.165, 1.54) is 33.6 Å². The van der Waals surface area contributed by atoms with Gasteiger partial charge in [0.05, 0.1) is 25.3 Å². The van der Waals surface area contributed by atoms with Gasteiger partial charge < -0.3 is 20.1 Å². The minimum Gasteiger partial charge on any atom is -0.497 e. The second-order valence-electron chi connectivity index (χ2n) is 11.3. The molecule has 2 heterocycles. The van der Waals surface area contributed by atoms with Crippen LogP contribution in [0, 0.1) is 5.41 Å². The van der Waals surface area contributed by atoms with Crippen molar-refractivity contribution in [2.45, 2.75) is 25.2 Å². The number of pyridine rings is 1. The lowest BCUT2D eigenvalue weighted by Gasteiger charge is -2.50. The standard InChI is InChI=1S/C35H30N4O4S/c1-35(18-27-23-9-4-6-11-25(23)31(35)26-12-7-5-10-24(26)27)33(41)39-34-38-30(19-44-34)28-13-8-14-29(37-28)32(40)36-20-15-21(42-2)17-22(16-20)43-3/h4-17,19,27,31H,18H2,1-3H3,(H,36,40)(H,38,39,41). The number of ether oxygens (including phenoxy) is 2. The Morgan fingerprint density at radius 1 is 0.795 bits per heavy atom. The van der Waals surface area contributed by atoms with Crippen LogP contribution in [0.2, 0.25) is 0 Å². The SMILES string of the molecule is COc1cc(NC(=O)c2cccc(-c3csc(NC(=O)C4(C)CC5c6ccccc6C4c4ccccc45)n3)n2)cc(OC)c1. The number of fused-ring (bicyclic) bond motifs is 1. The molecular weight excluding hydrogens is 572 g/mol. The minimum atomic E-state index is -0.641. The van der Waals surface area contributed by atoms with Crippen molar-refractivity contribution >= 4 is 34.0 Å². The molecule has 220 valence electrons. The van der Waals surface area contributed by atoms with Crippen LogP contribution in [0.1, 0.15) is 57.9 Å². The van der Waals surface area contributed by atoms with Crippen LogP contribution in [0.15, 0.2) is 90.3 Å². The Morgan fingerprint density at radius 3 is 2.07 bits per heavy atom. The third-order valence-corrected chi connectivity index (χ3v) is 9.48. The number of nitrogens with one attached hydrogen (secondary N) is 2. The van der Waals surface area contributed by atoms with Crippen LogP contribution in [0.4, 0.5) is 10.8 Å². The van der Waals surface area contributed by atoms with Crippen LogP contribution in [-0.2, 0) is 4.79 Å². The van der Waals surface area contributed by atoms with E-state index in [4.69, 9.17) is 9.47 Å². The molecule has 0 aliphatic heterocycles. The van der Waals surface area contributed by atoms with Gasteiger partial charge in [-0.05, 0) is 47.7 Å². The zero-order valence-corrected chi connectivity index (χ0v) is 25.3. The second kappa shape index (κ2) is 10.9. The Balaban J connectivity index is 1.11. The van der Waals surface area contributed by atoms with E-state index in [0.717, 1.165) is 6.42 Å². The quantitative estimate of drug-likeness (QED) is 0.206. The highest BCUT2D eigenvalue weighted by Gasteiger charge is 2.54. The number of carbonyl (C=O) groups is 2. The minimum absolute atomic E-state index is 0.0410. The van der Waals surface area contributed by atoms with Gasteiger partial charge in [-0.3, -0.25) is 9.59 Å². The molecule has 1 unspecified atom stereocenters. The van der Waals surface area contributed by atoms with Gasteiger partial charge in [-0.15, -0.1) is 11.3 Å². The summed E-state index contributed by atoms with van der Waals surface area (Å²) in [6.07, 6.45) is 0.730. The van der Waals surface area contributed by atoms with Crippen molar-refractivity contribution < 1.29 is 19.1 Å². The van der Waals surface area contributed by atoms with E-state index in [9.17, 15) is 9.59 Å². The Morgan fingerprint density at radius 2 is 1.43 bits per heavy atom. The number of hydrogen-bond acceptors (Lipinski definition) is 7. The smallest absolute Gasteiger partial charge is 0.274 e. The van der Waals surface area contributed by atoms with E-state index in [-0.39, 0.29) is 29.3 Å². The summed E-state index contributed by atoms with van der Waals surface area (Å²) in [5.74, 6) is 0.814. The van der Waals surface area contributed by atoms with Crippen molar-refractivity contribution in [3.05, 3.63) is 118 Å². The highest BCUT2D eigenvalue weighted by Crippen LogP contribution is 2.61. The summed E-state index contributed by atoms with van der Waals surface area (Å²) in [5, 5.41) is 8.30. The van der Waals surface area contributed by atoms with Crippen LogP contribution in [-0.4, -0.2) is 36.0 Å². The first-order chi connectivity index (χ1) is 21.4. The van der Waals surface area contributed by atoms with Gasteiger partial charge in [0.1, 0.15) is 22.9 Å². The van der Waals surface area contributed by atoms with Crippen molar-refractivity contribution in [1.29, 1.82) is 0 Å².